The van der Waals surface area contributed by atoms with Crippen molar-refractivity contribution in [2.45, 2.75) is 44.7 Å². The molecule has 3 aromatic rings. The first-order valence-corrected chi connectivity index (χ1v) is 10.0. The van der Waals surface area contributed by atoms with Crippen LogP contribution in [0.1, 0.15) is 38.0 Å². The van der Waals surface area contributed by atoms with Crippen LogP contribution in [-0.4, -0.2) is 41.9 Å². The van der Waals surface area contributed by atoms with Crippen LogP contribution in [0.2, 0.25) is 5.02 Å². The summed E-state index contributed by atoms with van der Waals surface area (Å²) in [5.74, 6) is 1.40. The molecule has 1 saturated carbocycles. The average Bonchev–Trinajstić information content (AvgIpc) is 3.31. The van der Waals surface area contributed by atoms with Gasteiger partial charge in [-0.1, -0.05) is 18.5 Å². The number of hydrogen-bond acceptors (Lipinski definition) is 6. The number of benzene rings is 1. The maximum atomic E-state index is 13.2. The van der Waals surface area contributed by atoms with Gasteiger partial charge < -0.3 is 14.6 Å². The molecule has 156 valence electrons. The quantitative estimate of drug-likeness (QED) is 0.678. The van der Waals surface area contributed by atoms with Crippen LogP contribution in [0, 0.1) is 18.9 Å². The Kier molecular flexibility index (Phi) is 4.28. The predicted molar refractivity (Wildman–Crippen MR) is 105 cm³/mol. The Balaban J connectivity index is 1.43. The Morgan fingerprint density at radius 2 is 2.20 bits per heavy atom. The molecule has 2 unspecified atom stereocenters. The highest BCUT2D eigenvalue weighted by atomic mass is 35.5. The molecule has 1 saturated heterocycles. The molecule has 0 spiro atoms. The molecule has 2 aliphatic rings. The lowest BCUT2D eigenvalue weighted by Crippen LogP contribution is -2.70. The van der Waals surface area contributed by atoms with Crippen LogP contribution in [0.4, 0.5) is 14.9 Å². The van der Waals surface area contributed by atoms with E-state index >= 15 is 0 Å². The number of carbonyl (C=O) groups excluding carboxylic acids is 1. The largest absolute Gasteiger partial charge is 0.423 e. The summed E-state index contributed by atoms with van der Waals surface area (Å²) in [5, 5.41) is 15.1. The lowest BCUT2D eigenvalue weighted by Gasteiger charge is -2.61. The van der Waals surface area contributed by atoms with Crippen LogP contribution in [0.3, 0.4) is 0 Å². The first-order chi connectivity index (χ1) is 14.4. The lowest BCUT2D eigenvalue weighted by molar-refractivity contribution is -0.110. The van der Waals surface area contributed by atoms with E-state index in [1.165, 1.54) is 11.0 Å². The molecule has 5 rings (SSSR count). The molecule has 2 fully saturated rings. The van der Waals surface area contributed by atoms with E-state index in [1.807, 2.05) is 4.90 Å². The number of likely N-dealkylation sites (tertiary alicyclic amines) is 1. The van der Waals surface area contributed by atoms with Crippen LogP contribution >= 0.6 is 11.6 Å². The summed E-state index contributed by atoms with van der Waals surface area (Å²) in [5.41, 5.74) is 0.327. The SMILES string of the molecule is Cc1nnc(C23CC(C[C@@H](C)C2)N3C(=O)Nc2ccc(Cl)c(-n3cnc(F)n3)c2)o1. The number of aromatic nitrogens is 5. The average molecular weight is 432 g/mol. The van der Waals surface area contributed by atoms with Gasteiger partial charge in [0.1, 0.15) is 11.9 Å². The Hall–Kier alpha value is -3.01. The third-order valence-electron chi connectivity index (χ3n) is 5.81. The molecule has 3 atom stereocenters. The van der Waals surface area contributed by atoms with Gasteiger partial charge in [-0.15, -0.1) is 15.3 Å². The second kappa shape index (κ2) is 6.76. The zero-order valence-corrected chi connectivity index (χ0v) is 17.1. The fraction of sp³-hybridized carbons (Fsp3) is 0.421. The zero-order chi connectivity index (χ0) is 21.0. The third-order valence-corrected chi connectivity index (χ3v) is 6.13. The van der Waals surface area contributed by atoms with Crippen LogP contribution in [-0.2, 0) is 5.54 Å². The molecule has 1 N–H and O–H groups in total. The predicted octanol–water partition coefficient (Wildman–Crippen LogP) is 3.68. The number of amides is 2. The summed E-state index contributed by atoms with van der Waals surface area (Å²) < 4.78 is 20.1. The van der Waals surface area contributed by atoms with Crippen LogP contribution in [0.15, 0.2) is 28.9 Å². The molecule has 1 aliphatic heterocycles. The van der Waals surface area contributed by atoms with Gasteiger partial charge in [-0.25, -0.2) is 9.48 Å². The summed E-state index contributed by atoms with van der Waals surface area (Å²) in [6.45, 7) is 3.91. The van der Waals surface area contributed by atoms with Gasteiger partial charge in [-0.2, -0.15) is 9.37 Å². The number of halogens is 2. The Bertz CT molecular complexity index is 1130. The summed E-state index contributed by atoms with van der Waals surface area (Å²) >= 11 is 6.21. The minimum absolute atomic E-state index is 0.108. The molecule has 9 nitrogen and oxygen atoms in total. The van der Waals surface area contributed by atoms with E-state index < -0.39 is 11.6 Å². The summed E-state index contributed by atoms with van der Waals surface area (Å²) in [4.78, 5) is 18.5. The Morgan fingerprint density at radius 1 is 1.37 bits per heavy atom. The highest BCUT2D eigenvalue weighted by Gasteiger charge is 2.62. The lowest BCUT2D eigenvalue weighted by atomic mass is 9.64. The number of rotatable bonds is 3. The molecule has 1 aliphatic carbocycles. The Morgan fingerprint density at radius 3 is 2.90 bits per heavy atom. The van der Waals surface area contributed by atoms with E-state index in [9.17, 15) is 9.18 Å². The number of fused-ring (bicyclic) bond motifs is 2. The van der Waals surface area contributed by atoms with E-state index in [1.54, 1.807) is 25.1 Å². The van der Waals surface area contributed by atoms with Gasteiger partial charge in [0.15, 0.2) is 0 Å². The minimum atomic E-state index is -0.861. The molecular weight excluding hydrogens is 413 g/mol. The van der Waals surface area contributed by atoms with Crippen molar-refractivity contribution in [2.24, 2.45) is 5.92 Å². The maximum Gasteiger partial charge on any atom is 0.327 e. The van der Waals surface area contributed by atoms with Crippen LogP contribution < -0.4 is 5.32 Å². The molecular formula is C19H19ClFN7O2. The van der Waals surface area contributed by atoms with Gasteiger partial charge in [-0.05, 0) is 37.0 Å². The molecule has 2 aromatic heterocycles. The number of nitrogens with one attached hydrogen (secondary N) is 1. The first kappa shape index (κ1) is 19.0. The van der Waals surface area contributed by atoms with E-state index in [2.05, 4.69) is 32.5 Å². The number of hydrogen-bond donors (Lipinski definition) is 1. The molecule has 0 radical (unpaired) electrons. The number of urea groups is 1. The van der Waals surface area contributed by atoms with E-state index in [0.29, 0.717) is 34.1 Å². The molecule has 2 bridgehead atoms. The van der Waals surface area contributed by atoms with Crippen LogP contribution in [0.5, 0.6) is 0 Å². The van der Waals surface area contributed by atoms with Crippen molar-refractivity contribution in [1.29, 1.82) is 0 Å². The smallest absolute Gasteiger partial charge is 0.327 e. The van der Waals surface area contributed by atoms with E-state index in [0.717, 1.165) is 19.3 Å². The number of anilines is 1. The van der Waals surface area contributed by atoms with Crippen molar-refractivity contribution < 1.29 is 13.6 Å². The third kappa shape index (κ3) is 2.94. The van der Waals surface area contributed by atoms with Gasteiger partial charge in [0, 0.05) is 25.1 Å². The summed E-state index contributed by atoms with van der Waals surface area (Å²) in [6, 6.07) is 4.76. The van der Waals surface area contributed by atoms with Crippen molar-refractivity contribution in [3.8, 4) is 5.69 Å². The fourth-order valence-corrected chi connectivity index (χ4v) is 4.95. The van der Waals surface area contributed by atoms with Crippen molar-refractivity contribution in [2.75, 3.05) is 5.32 Å². The van der Waals surface area contributed by atoms with Gasteiger partial charge in [0.25, 0.3) is 0 Å². The topological polar surface area (TPSA) is 102 Å². The molecule has 2 amide bonds. The Labute approximate surface area is 176 Å². The van der Waals surface area contributed by atoms with E-state index in [-0.39, 0.29) is 12.1 Å². The van der Waals surface area contributed by atoms with E-state index in [4.69, 9.17) is 16.0 Å². The minimum Gasteiger partial charge on any atom is -0.423 e. The summed E-state index contributed by atoms with van der Waals surface area (Å²) in [6.07, 6.45) is 2.85. The highest BCUT2D eigenvalue weighted by molar-refractivity contribution is 6.32. The summed E-state index contributed by atoms with van der Waals surface area (Å²) in [7, 11) is 0. The highest BCUT2D eigenvalue weighted by Crippen LogP contribution is 2.55. The number of aryl methyl sites for hydroxylation is 1. The van der Waals surface area contributed by atoms with Gasteiger partial charge >= 0.3 is 12.1 Å². The molecule has 1 aromatic carbocycles. The van der Waals surface area contributed by atoms with Gasteiger partial charge in [-0.3, -0.25) is 0 Å². The second-order valence-electron chi connectivity index (χ2n) is 7.99. The second-order valence-corrected chi connectivity index (χ2v) is 8.39. The fourth-order valence-electron chi connectivity index (χ4n) is 4.74. The standard InChI is InChI=1S/C19H19ClFN7O2/c1-10-5-13-8-19(7-10,16-25-24-11(2)30-16)28(13)18(29)23-12-3-4-14(20)15(6-12)27-9-22-17(21)26-27/h3-4,6,9-10,13H,5,7-8H2,1-2H3,(H,23,29)/t10-,13?,19?/m1/s1. The van der Waals surface area contributed by atoms with Gasteiger partial charge in [0.05, 0.1) is 10.7 Å². The van der Waals surface area contributed by atoms with Crippen molar-refractivity contribution in [3.05, 3.63) is 47.4 Å². The van der Waals surface area contributed by atoms with Crippen molar-refractivity contribution in [1.82, 2.24) is 29.9 Å². The molecule has 30 heavy (non-hydrogen) atoms. The van der Waals surface area contributed by atoms with Crippen molar-refractivity contribution in [3.63, 3.8) is 0 Å². The zero-order valence-electron chi connectivity index (χ0n) is 16.3. The molecule has 11 heteroatoms. The monoisotopic (exact) mass is 431 g/mol. The number of piperidine rings is 1. The first-order valence-electron chi connectivity index (χ1n) is 9.64. The number of carbonyl (C=O) groups is 1. The van der Waals surface area contributed by atoms with Crippen molar-refractivity contribution >= 4 is 23.3 Å². The normalized spacial score (nSPS) is 25.1. The van der Waals surface area contributed by atoms with Gasteiger partial charge in [0.2, 0.25) is 11.8 Å². The maximum absolute atomic E-state index is 13.2. The van der Waals surface area contributed by atoms with Crippen LogP contribution in [0.25, 0.3) is 5.69 Å². The number of nitrogens with zero attached hydrogens (tertiary/aromatic N) is 6. The molecule has 3 heterocycles.